The molecule has 0 bridgehead atoms. The standard InChI is InChI=1S/C15H14FNO2/c1-10-5-4-7-12(16)15(10)17-13-8-3-2-6-11(13)9-14(18)19/h2-8,17H,9H2,1H3,(H,18,19). The van der Waals surface area contributed by atoms with E-state index in [2.05, 4.69) is 5.32 Å². The lowest BCUT2D eigenvalue weighted by atomic mass is 10.1. The minimum absolute atomic E-state index is 0.101. The van der Waals surface area contributed by atoms with Gasteiger partial charge in [-0.3, -0.25) is 4.79 Å². The van der Waals surface area contributed by atoms with Crippen molar-refractivity contribution in [2.75, 3.05) is 5.32 Å². The number of carbonyl (C=O) groups is 1. The molecule has 0 amide bonds. The van der Waals surface area contributed by atoms with E-state index in [9.17, 15) is 9.18 Å². The SMILES string of the molecule is Cc1cccc(F)c1Nc1ccccc1CC(=O)O. The third-order valence-corrected chi connectivity index (χ3v) is 2.84. The number of anilines is 2. The van der Waals surface area contributed by atoms with E-state index in [1.54, 1.807) is 43.3 Å². The average Bonchev–Trinajstić information content (AvgIpc) is 2.35. The van der Waals surface area contributed by atoms with Crippen LogP contribution in [-0.2, 0) is 11.2 Å². The van der Waals surface area contributed by atoms with Crippen molar-refractivity contribution in [3.8, 4) is 0 Å². The summed E-state index contributed by atoms with van der Waals surface area (Å²) in [6.07, 6.45) is -0.101. The van der Waals surface area contributed by atoms with Crippen molar-refractivity contribution in [1.29, 1.82) is 0 Å². The van der Waals surface area contributed by atoms with Gasteiger partial charge >= 0.3 is 5.97 Å². The molecule has 2 aromatic rings. The van der Waals surface area contributed by atoms with E-state index in [0.717, 1.165) is 5.56 Å². The molecule has 19 heavy (non-hydrogen) atoms. The first kappa shape index (κ1) is 13.1. The summed E-state index contributed by atoms with van der Waals surface area (Å²) >= 11 is 0. The largest absolute Gasteiger partial charge is 0.481 e. The Morgan fingerprint density at radius 1 is 1.21 bits per heavy atom. The van der Waals surface area contributed by atoms with Crippen LogP contribution in [0.25, 0.3) is 0 Å². The zero-order valence-electron chi connectivity index (χ0n) is 10.5. The van der Waals surface area contributed by atoms with Gasteiger partial charge in [0.05, 0.1) is 12.1 Å². The molecule has 0 aliphatic rings. The molecule has 4 heteroatoms. The Labute approximate surface area is 110 Å². The summed E-state index contributed by atoms with van der Waals surface area (Å²) in [6, 6.07) is 11.8. The Morgan fingerprint density at radius 2 is 1.95 bits per heavy atom. The molecule has 0 radical (unpaired) electrons. The Morgan fingerprint density at radius 3 is 2.63 bits per heavy atom. The molecule has 0 saturated carbocycles. The Kier molecular flexibility index (Phi) is 3.80. The zero-order chi connectivity index (χ0) is 13.8. The highest BCUT2D eigenvalue weighted by Gasteiger charge is 2.10. The number of aryl methyl sites for hydroxylation is 1. The number of nitrogens with one attached hydrogen (secondary N) is 1. The van der Waals surface area contributed by atoms with Crippen molar-refractivity contribution in [3.63, 3.8) is 0 Å². The van der Waals surface area contributed by atoms with Crippen LogP contribution in [0.4, 0.5) is 15.8 Å². The van der Waals surface area contributed by atoms with E-state index in [4.69, 9.17) is 5.11 Å². The first-order valence-corrected chi connectivity index (χ1v) is 5.90. The summed E-state index contributed by atoms with van der Waals surface area (Å²) in [5.41, 5.74) is 2.38. The number of benzene rings is 2. The molecular weight excluding hydrogens is 245 g/mol. The number of para-hydroxylation sites is 2. The molecule has 2 rings (SSSR count). The second kappa shape index (κ2) is 5.52. The van der Waals surface area contributed by atoms with Gasteiger partial charge in [-0.25, -0.2) is 4.39 Å². The molecule has 0 aliphatic carbocycles. The number of hydrogen-bond donors (Lipinski definition) is 2. The van der Waals surface area contributed by atoms with Crippen LogP contribution < -0.4 is 5.32 Å². The Hall–Kier alpha value is -2.36. The third kappa shape index (κ3) is 3.10. The predicted molar refractivity (Wildman–Crippen MR) is 72.2 cm³/mol. The molecular formula is C15H14FNO2. The number of hydrogen-bond acceptors (Lipinski definition) is 2. The molecule has 3 nitrogen and oxygen atoms in total. The van der Waals surface area contributed by atoms with Gasteiger partial charge in [-0.05, 0) is 30.2 Å². The topological polar surface area (TPSA) is 49.3 Å². The van der Waals surface area contributed by atoms with Crippen LogP contribution in [0.1, 0.15) is 11.1 Å². The summed E-state index contributed by atoms with van der Waals surface area (Å²) in [6.45, 7) is 1.80. The lowest BCUT2D eigenvalue weighted by Gasteiger charge is -2.13. The van der Waals surface area contributed by atoms with E-state index in [-0.39, 0.29) is 12.2 Å². The average molecular weight is 259 g/mol. The van der Waals surface area contributed by atoms with Crippen LogP contribution in [0.3, 0.4) is 0 Å². The van der Waals surface area contributed by atoms with E-state index < -0.39 is 5.97 Å². The molecule has 0 unspecified atom stereocenters. The molecule has 0 spiro atoms. The maximum Gasteiger partial charge on any atom is 0.307 e. The normalized spacial score (nSPS) is 10.2. The Bertz CT molecular complexity index is 591. The quantitative estimate of drug-likeness (QED) is 0.883. The summed E-state index contributed by atoms with van der Waals surface area (Å²) in [4.78, 5) is 10.8. The second-order valence-electron chi connectivity index (χ2n) is 4.28. The van der Waals surface area contributed by atoms with E-state index in [1.165, 1.54) is 6.07 Å². The summed E-state index contributed by atoms with van der Waals surface area (Å²) in [5.74, 6) is -1.27. The zero-order valence-corrected chi connectivity index (χ0v) is 10.5. The fourth-order valence-corrected chi connectivity index (χ4v) is 1.88. The van der Waals surface area contributed by atoms with Crippen LogP contribution in [0.15, 0.2) is 42.5 Å². The molecule has 0 heterocycles. The monoisotopic (exact) mass is 259 g/mol. The van der Waals surface area contributed by atoms with E-state index >= 15 is 0 Å². The minimum Gasteiger partial charge on any atom is -0.481 e. The fourth-order valence-electron chi connectivity index (χ4n) is 1.88. The highest BCUT2D eigenvalue weighted by Crippen LogP contribution is 2.26. The van der Waals surface area contributed by atoms with Crippen LogP contribution in [0, 0.1) is 12.7 Å². The van der Waals surface area contributed by atoms with Crippen LogP contribution in [0.2, 0.25) is 0 Å². The van der Waals surface area contributed by atoms with Gasteiger partial charge in [0.15, 0.2) is 0 Å². The maximum atomic E-state index is 13.8. The second-order valence-corrected chi connectivity index (χ2v) is 4.28. The molecule has 2 N–H and O–H groups in total. The molecule has 0 aliphatic heterocycles. The van der Waals surface area contributed by atoms with Gasteiger partial charge < -0.3 is 10.4 Å². The smallest absolute Gasteiger partial charge is 0.307 e. The Balaban J connectivity index is 2.36. The van der Waals surface area contributed by atoms with E-state index in [0.29, 0.717) is 16.9 Å². The van der Waals surface area contributed by atoms with Gasteiger partial charge in [0.1, 0.15) is 5.82 Å². The van der Waals surface area contributed by atoms with Crippen LogP contribution in [0.5, 0.6) is 0 Å². The highest BCUT2D eigenvalue weighted by atomic mass is 19.1. The molecule has 0 saturated heterocycles. The lowest BCUT2D eigenvalue weighted by molar-refractivity contribution is -0.136. The fraction of sp³-hybridized carbons (Fsp3) is 0.133. The van der Waals surface area contributed by atoms with Gasteiger partial charge in [0.2, 0.25) is 0 Å². The summed E-state index contributed by atoms with van der Waals surface area (Å²) in [5, 5.41) is 11.8. The molecule has 0 fully saturated rings. The first-order chi connectivity index (χ1) is 9.08. The predicted octanol–water partition coefficient (Wildman–Crippen LogP) is 3.50. The maximum absolute atomic E-state index is 13.8. The highest BCUT2D eigenvalue weighted by molar-refractivity contribution is 5.75. The minimum atomic E-state index is -0.917. The van der Waals surface area contributed by atoms with Gasteiger partial charge in [-0.2, -0.15) is 0 Å². The van der Waals surface area contributed by atoms with Crippen LogP contribution in [-0.4, -0.2) is 11.1 Å². The van der Waals surface area contributed by atoms with Crippen molar-refractivity contribution in [3.05, 3.63) is 59.4 Å². The lowest BCUT2D eigenvalue weighted by Crippen LogP contribution is -2.05. The van der Waals surface area contributed by atoms with Crippen molar-refractivity contribution < 1.29 is 14.3 Å². The first-order valence-electron chi connectivity index (χ1n) is 5.90. The summed E-state index contributed by atoms with van der Waals surface area (Å²) < 4.78 is 13.8. The number of carboxylic acids is 1. The van der Waals surface area contributed by atoms with Crippen molar-refractivity contribution in [2.24, 2.45) is 0 Å². The number of aliphatic carboxylic acids is 1. The van der Waals surface area contributed by atoms with E-state index in [1.807, 2.05) is 0 Å². The van der Waals surface area contributed by atoms with Crippen molar-refractivity contribution >= 4 is 17.3 Å². The molecule has 2 aromatic carbocycles. The third-order valence-electron chi connectivity index (χ3n) is 2.84. The van der Waals surface area contributed by atoms with Gasteiger partial charge in [0.25, 0.3) is 0 Å². The number of carboxylic acid groups (broad SMARTS) is 1. The van der Waals surface area contributed by atoms with Gasteiger partial charge in [-0.1, -0.05) is 30.3 Å². The van der Waals surface area contributed by atoms with Gasteiger partial charge in [0, 0.05) is 5.69 Å². The molecule has 98 valence electrons. The van der Waals surface area contributed by atoms with Gasteiger partial charge in [-0.15, -0.1) is 0 Å². The van der Waals surface area contributed by atoms with Crippen molar-refractivity contribution in [1.82, 2.24) is 0 Å². The number of halogens is 1. The van der Waals surface area contributed by atoms with Crippen molar-refractivity contribution in [2.45, 2.75) is 13.3 Å². The number of rotatable bonds is 4. The van der Waals surface area contributed by atoms with Crippen LogP contribution >= 0.6 is 0 Å². The summed E-state index contributed by atoms with van der Waals surface area (Å²) in [7, 11) is 0. The molecule has 0 aromatic heterocycles. The molecule has 0 atom stereocenters.